The summed E-state index contributed by atoms with van der Waals surface area (Å²) >= 11 is 0. The number of nitrogens with zero attached hydrogens (tertiary/aromatic N) is 1. The van der Waals surface area contributed by atoms with Crippen LogP contribution in [0.5, 0.6) is 0 Å². The number of methoxy groups -OCH3 is 1. The van der Waals surface area contributed by atoms with Gasteiger partial charge in [0.2, 0.25) is 0 Å². The molecular formula is C9H11NOS2. The number of rotatable bonds is 2. The monoisotopic (exact) mass is 213 g/mol. The van der Waals surface area contributed by atoms with Crippen molar-refractivity contribution in [3.8, 4) is 0 Å². The van der Waals surface area contributed by atoms with Gasteiger partial charge in [-0.25, -0.2) is 4.99 Å². The molecule has 0 N–H and O–H groups in total. The summed E-state index contributed by atoms with van der Waals surface area (Å²) in [5.74, 6) is 0. The third kappa shape index (κ3) is 3.74. The fourth-order valence-electron chi connectivity index (χ4n) is 0.778. The lowest BCUT2D eigenvalue weighted by molar-refractivity contribution is 0.417. The van der Waals surface area contributed by atoms with Crippen LogP contribution in [0.4, 0.5) is 5.69 Å². The fourth-order valence-corrected chi connectivity index (χ4v) is 1.87. The summed E-state index contributed by atoms with van der Waals surface area (Å²) in [6, 6.07) is 9.76. The standard InChI is InChI=1S/C9H11NOS2/c1-11-9(13-12-2)10-8-6-4-3-5-7-8/h3-7H,1-2H3/b10-9+. The van der Waals surface area contributed by atoms with E-state index in [9.17, 15) is 0 Å². The van der Waals surface area contributed by atoms with Gasteiger partial charge in [-0.1, -0.05) is 29.0 Å². The van der Waals surface area contributed by atoms with E-state index in [2.05, 4.69) is 4.99 Å². The number of benzene rings is 1. The Hall–Kier alpha value is -0.610. The fraction of sp³-hybridized carbons (Fsp3) is 0.222. The second-order valence-corrected chi connectivity index (χ2v) is 4.52. The molecule has 0 saturated carbocycles. The molecule has 0 radical (unpaired) electrons. The summed E-state index contributed by atoms with van der Waals surface area (Å²) in [5, 5.41) is 0.679. The molecule has 0 aliphatic carbocycles. The average molecular weight is 213 g/mol. The van der Waals surface area contributed by atoms with Gasteiger partial charge in [-0.15, -0.1) is 0 Å². The minimum Gasteiger partial charge on any atom is -0.476 e. The molecule has 0 aliphatic heterocycles. The summed E-state index contributed by atoms with van der Waals surface area (Å²) < 4.78 is 5.09. The predicted molar refractivity (Wildman–Crippen MR) is 61.7 cm³/mol. The normalized spacial score (nSPS) is 11.4. The Kier molecular flexibility index (Phi) is 4.78. The van der Waals surface area contributed by atoms with Crippen molar-refractivity contribution in [2.45, 2.75) is 0 Å². The van der Waals surface area contributed by atoms with E-state index < -0.39 is 0 Å². The molecule has 0 saturated heterocycles. The summed E-state index contributed by atoms with van der Waals surface area (Å²) in [7, 11) is 4.76. The molecule has 1 rings (SSSR count). The van der Waals surface area contributed by atoms with Crippen molar-refractivity contribution >= 4 is 32.5 Å². The molecule has 4 heteroatoms. The van der Waals surface area contributed by atoms with E-state index in [0.717, 1.165) is 5.69 Å². The second kappa shape index (κ2) is 5.94. The van der Waals surface area contributed by atoms with Gasteiger partial charge < -0.3 is 4.74 Å². The van der Waals surface area contributed by atoms with Crippen molar-refractivity contribution in [3.63, 3.8) is 0 Å². The SMILES string of the molecule is CO/C(=N\c1ccccc1)SSC. The van der Waals surface area contributed by atoms with E-state index in [1.807, 2.05) is 36.6 Å². The maximum atomic E-state index is 5.09. The highest BCUT2D eigenvalue weighted by atomic mass is 33.1. The molecule has 0 heterocycles. The van der Waals surface area contributed by atoms with Gasteiger partial charge in [0.25, 0.3) is 5.23 Å². The lowest BCUT2D eigenvalue weighted by Gasteiger charge is -2.00. The maximum Gasteiger partial charge on any atom is 0.261 e. The largest absolute Gasteiger partial charge is 0.476 e. The van der Waals surface area contributed by atoms with Gasteiger partial charge in [-0.05, 0) is 18.4 Å². The second-order valence-electron chi connectivity index (χ2n) is 2.17. The van der Waals surface area contributed by atoms with E-state index in [4.69, 9.17) is 4.74 Å². The molecule has 0 aliphatic rings. The smallest absolute Gasteiger partial charge is 0.261 e. The topological polar surface area (TPSA) is 21.6 Å². The molecular weight excluding hydrogens is 202 g/mol. The van der Waals surface area contributed by atoms with Crippen LogP contribution >= 0.6 is 21.6 Å². The Morgan fingerprint density at radius 2 is 2.00 bits per heavy atom. The highest BCUT2D eigenvalue weighted by Crippen LogP contribution is 2.22. The van der Waals surface area contributed by atoms with Gasteiger partial charge in [0.05, 0.1) is 12.8 Å². The molecule has 1 aromatic rings. The van der Waals surface area contributed by atoms with Crippen LogP contribution < -0.4 is 0 Å². The zero-order valence-electron chi connectivity index (χ0n) is 7.56. The van der Waals surface area contributed by atoms with Crippen LogP contribution in [0.3, 0.4) is 0 Å². The van der Waals surface area contributed by atoms with E-state index >= 15 is 0 Å². The first-order chi connectivity index (χ1) is 6.36. The molecule has 1 aromatic carbocycles. The Morgan fingerprint density at radius 1 is 1.31 bits per heavy atom. The predicted octanol–water partition coefficient (Wildman–Crippen LogP) is 3.33. The molecule has 13 heavy (non-hydrogen) atoms. The van der Waals surface area contributed by atoms with Crippen LogP contribution in [0.1, 0.15) is 0 Å². The third-order valence-electron chi connectivity index (χ3n) is 1.31. The molecule has 0 unspecified atom stereocenters. The van der Waals surface area contributed by atoms with Crippen LogP contribution in [0, 0.1) is 0 Å². The Bertz CT molecular complexity index is 274. The van der Waals surface area contributed by atoms with Gasteiger partial charge >= 0.3 is 0 Å². The van der Waals surface area contributed by atoms with Crippen molar-refractivity contribution in [1.82, 2.24) is 0 Å². The quantitative estimate of drug-likeness (QED) is 0.427. The van der Waals surface area contributed by atoms with Crippen LogP contribution in [-0.4, -0.2) is 18.6 Å². The van der Waals surface area contributed by atoms with Gasteiger partial charge in [0.1, 0.15) is 0 Å². The molecule has 0 spiro atoms. The Morgan fingerprint density at radius 3 is 2.54 bits per heavy atom. The van der Waals surface area contributed by atoms with E-state index in [1.165, 1.54) is 10.8 Å². The van der Waals surface area contributed by atoms with Crippen LogP contribution in [-0.2, 0) is 4.74 Å². The van der Waals surface area contributed by atoms with Crippen molar-refractivity contribution in [1.29, 1.82) is 0 Å². The summed E-state index contributed by atoms with van der Waals surface area (Å²) in [4.78, 5) is 4.30. The summed E-state index contributed by atoms with van der Waals surface area (Å²) in [6.45, 7) is 0. The molecule has 2 nitrogen and oxygen atoms in total. The van der Waals surface area contributed by atoms with Gasteiger partial charge in [0.15, 0.2) is 0 Å². The average Bonchev–Trinajstić information content (AvgIpc) is 2.19. The van der Waals surface area contributed by atoms with Crippen molar-refractivity contribution < 1.29 is 4.74 Å². The molecule has 0 bridgehead atoms. The Balaban J connectivity index is 2.73. The summed E-state index contributed by atoms with van der Waals surface area (Å²) in [5.41, 5.74) is 0.918. The van der Waals surface area contributed by atoms with E-state index in [0.29, 0.717) is 5.23 Å². The minimum absolute atomic E-state index is 0.679. The Labute approximate surface area is 86.2 Å². The van der Waals surface area contributed by atoms with Crippen molar-refractivity contribution in [3.05, 3.63) is 30.3 Å². The first-order valence-electron chi connectivity index (χ1n) is 3.75. The van der Waals surface area contributed by atoms with Gasteiger partial charge in [-0.3, -0.25) is 0 Å². The number of aliphatic imine (C=N–C) groups is 1. The highest BCUT2D eigenvalue weighted by molar-refractivity contribution is 8.81. The molecule has 70 valence electrons. The molecule has 0 amide bonds. The summed E-state index contributed by atoms with van der Waals surface area (Å²) in [6.07, 6.45) is 1.99. The van der Waals surface area contributed by atoms with E-state index in [-0.39, 0.29) is 0 Å². The number of hydrogen-bond acceptors (Lipinski definition) is 4. The minimum atomic E-state index is 0.679. The van der Waals surface area contributed by atoms with Crippen molar-refractivity contribution in [2.75, 3.05) is 13.4 Å². The van der Waals surface area contributed by atoms with Crippen LogP contribution in [0.2, 0.25) is 0 Å². The first kappa shape index (κ1) is 10.5. The number of ether oxygens (including phenoxy) is 1. The van der Waals surface area contributed by atoms with E-state index in [1.54, 1.807) is 17.9 Å². The third-order valence-corrected chi connectivity index (χ3v) is 2.80. The van der Waals surface area contributed by atoms with Crippen molar-refractivity contribution in [2.24, 2.45) is 4.99 Å². The number of hydrogen-bond donors (Lipinski definition) is 0. The van der Waals surface area contributed by atoms with Crippen LogP contribution in [0.15, 0.2) is 35.3 Å². The first-order valence-corrected chi connectivity index (χ1v) is 6.31. The van der Waals surface area contributed by atoms with Gasteiger partial charge in [-0.2, -0.15) is 0 Å². The van der Waals surface area contributed by atoms with Gasteiger partial charge in [0, 0.05) is 10.8 Å². The molecule has 0 aromatic heterocycles. The lowest BCUT2D eigenvalue weighted by Crippen LogP contribution is -1.91. The highest BCUT2D eigenvalue weighted by Gasteiger charge is 1.97. The maximum absolute atomic E-state index is 5.09. The molecule has 0 fully saturated rings. The zero-order valence-corrected chi connectivity index (χ0v) is 9.19. The lowest BCUT2D eigenvalue weighted by atomic mass is 10.3. The zero-order chi connectivity index (χ0) is 9.52. The number of para-hydroxylation sites is 1. The van der Waals surface area contributed by atoms with Crippen LogP contribution in [0.25, 0.3) is 0 Å². The molecule has 0 atom stereocenters.